The molecule has 5 nitrogen and oxygen atoms in total. The van der Waals surface area contributed by atoms with Gasteiger partial charge >= 0.3 is 0 Å². The van der Waals surface area contributed by atoms with Gasteiger partial charge in [0.1, 0.15) is 11.6 Å². The van der Waals surface area contributed by atoms with E-state index in [2.05, 4.69) is 34.4 Å². The summed E-state index contributed by atoms with van der Waals surface area (Å²) in [5.74, 6) is 2.40. The minimum Gasteiger partial charge on any atom is -0.370 e. The predicted octanol–water partition coefficient (Wildman–Crippen LogP) is 4.94. The molecule has 2 aromatic rings. The number of nitrogens with one attached hydrogen (secondary N) is 2. The largest absolute Gasteiger partial charge is 0.370 e. The van der Waals surface area contributed by atoms with Gasteiger partial charge in [-0.1, -0.05) is 25.4 Å². The SMILES string of the molecule is CC(C)CCNc1cc(-c2cc(NC3CCC(N)CC3)ncc2Cl)ccn1. The fourth-order valence-electron chi connectivity index (χ4n) is 3.40. The van der Waals surface area contributed by atoms with Gasteiger partial charge in [-0.15, -0.1) is 0 Å². The first-order valence-corrected chi connectivity index (χ1v) is 10.3. The van der Waals surface area contributed by atoms with Gasteiger partial charge in [-0.25, -0.2) is 9.97 Å². The molecule has 1 aliphatic carbocycles. The highest BCUT2D eigenvalue weighted by Crippen LogP contribution is 2.31. The zero-order chi connectivity index (χ0) is 19.2. The number of hydrogen-bond donors (Lipinski definition) is 3. The van der Waals surface area contributed by atoms with Crippen LogP contribution in [0.2, 0.25) is 5.02 Å². The standard InChI is InChI=1S/C21H30ClN5/c1-14(2)7-9-24-20-11-15(8-10-25-20)18-12-21(26-13-19(18)22)27-17-5-3-16(23)4-6-17/h8,10-14,16-17H,3-7,9,23H2,1-2H3,(H,24,25)(H,26,27). The molecule has 2 heterocycles. The fraction of sp³-hybridized carbons (Fsp3) is 0.524. The van der Waals surface area contributed by atoms with Gasteiger partial charge in [-0.3, -0.25) is 0 Å². The molecule has 1 saturated carbocycles. The smallest absolute Gasteiger partial charge is 0.126 e. The van der Waals surface area contributed by atoms with E-state index in [1.54, 1.807) is 6.20 Å². The van der Waals surface area contributed by atoms with E-state index < -0.39 is 0 Å². The van der Waals surface area contributed by atoms with Gasteiger partial charge in [0, 0.05) is 36.6 Å². The van der Waals surface area contributed by atoms with E-state index in [0.717, 1.165) is 61.4 Å². The average molecular weight is 388 g/mol. The third-order valence-corrected chi connectivity index (χ3v) is 5.38. The Kier molecular flexibility index (Phi) is 6.91. The van der Waals surface area contributed by atoms with Gasteiger partial charge in [0.2, 0.25) is 0 Å². The number of halogens is 1. The van der Waals surface area contributed by atoms with Crippen LogP contribution in [0.3, 0.4) is 0 Å². The van der Waals surface area contributed by atoms with Crippen LogP contribution in [0.5, 0.6) is 0 Å². The van der Waals surface area contributed by atoms with Crippen LogP contribution >= 0.6 is 11.6 Å². The van der Waals surface area contributed by atoms with Crippen molar-refractivity contribution < 1.29 is 0 Å². The Balaban J connectivity index is 1.72. The van der Waals surface area contributed by atoms with Crippen LogP contribution in [0.4, 0.5) is 11.6 Å². The second kappa shape index (κ2) is 9.38. The maximum absolute atomic E-state index is 6.44. The number of hydrogen-bond acceptors (Lipinski definition) is 5. The molecule has 6 heteroatoms. The Morgan fingerprint density at radius 1 is 1.15 bits per heavy atom. The van der Waals surface area contributed by atoms with Crippen molar-refractivity contribution in [3.05, 3.63) is 35.6 Å². The Bertz CT molecular complexity index is 741. The molecule has 146 valence electrons. The lowest BCUT2D eigenvalue weighted by molar-refractivity contribution is 0.410. The topological polar surface area (TPSA) is 75.9 Å². The fourth-order valence-corrected chi connectivity index (χ4v) is 3.61. The normalized spacial score (nSPS) is 19.9. The van der Waals surface area contributed by atoms with Crippen molar-refractivity contribution in [2.24, 2.45) is 11.7 Å². The zero-order valence-electron chi connectivity index (χ0n) is 16.2. The van der Waals surface area contributed by atoms with Crippen LogP contribution < -0.4 is 16.4 Å². The molecule has 0 radical (unpaired) electrons. The highest BCUT2D eigenvalue weighted by Gasteiger charge is 2.19. The summed E-state index contributed by atoms with van der Waals surface area (Å²) >= 11 is 6.44. The molecule has 0 aliphatic heterocycles. The van der Waals surface area contributed by atoms with E-state index >= 15 is 0 Å². The first kappa shape index (κ1) is 19.9. The number of aromatic nitrogens is 2. The van der Waals surface area contributed by atoms with Crippen LogP contribution in [0, 0.1) is 5.92 Å². The van der Waals surface area contributed by atoms with Gasteiger partial charge < -0.3 is 16.4 Å². The van der Waals surface area contributed by atoms with Gasteiger partial charge in [0.25, 0.3) is 0 Å². The number of nitrogens with zero attached hydrogens (tertiary/aromatic N) is 2. The highest BCUT2D eigenvalue weighted by atomic mass is 35.5. The van der Waals surface area contributed by atoms with Crippen molar-refractivity contribution in [3.8, 4) is 11.1 Å². The van der Waals surface area contributed by atoms with Gasteiger partial charge in [0.05, 0.1) is 5.02 Å². The van der Waals surface area contributed by atoms with Crippen LogP contribution in [0.25, 0.3) is 11.1 Å². The molecule has 2 aromatic heterocycles. The Morgan fingerprint density at radius 2 is 1.93 bits per heavy atom. The van der Waals surface area contributed by atoms with E-state index in [9.17, 15) is 0 Å². The van der Waals surface area contributed by atoms with Crippen molar-refractivity contribution in [1.82, 2.24) is 9.97 Å². The molecular weight excluding hydrogens is 358 g/mol. The van der Waals surface area contributed by atoms with Crippen LogP contribution in [-0.4, -0.2) is 28.6 Å². The lowest BCUT2D eigenvalue weighted by Crippen LogP contribution is -2.33. The average Bonchev–Trinajstić information content (AvgIpc) is 2.65. The molecule has 0 bridgehead atoms. The Morgan fingerprint density at radius 3 is 2.67 bits per heavy atom. The summed E-state index contributed by atoms with van der Waals surface area (Å²) in [6, 6.07) is 6.83. The number of rotatable bonds is 7. The lowest BCUT2D eigenvalue weighted by Gasteiger charge is -2.27. The first-order valence-electron chi connectivity index (χ1n) is 9.89. The molecule has 0 spiro atoms. The third kappa shape index (κ3) is 5.81. The van der Waals surface area contributed by atoms with Gasteiger partial charge in [0.15, 0.2) is 0 Å². The minimum atomic E-state index is 0.343. The summed E-state index contributed by atoms with van der Waals surface area (Å²) in [7, 11) is 0. The van der Waals surface area contributed by atoms with Crippen molar-refractivity contribution in [1.29, 1.82) is 0 Å². The summed E-state index contributed by atoms with van der Waals surface area (Å²) < 4.78 is 0. The van der Waals surface area contributed by atoms with E-state index in [4.69, 9.17) is 17.3 Å². The van der Waals surface area contributed by atoms with Crippen LogP contribution in [-0.2, 0) is 0 Å². The van der Waals surface area contributed by atoms with Crippen molar-refractivity contribution in [2.75, 3.05) is 17.2 Å². The Labute approximate surface area is 167 Å². The molecule has 0 amide bonds. The molecule has 0 unspecified atom stereocenters. The van der Waals surface area contributed by atoms with E-state index in [-0.39, 0.29) is 0 Å². The summed E-state index contributed by atoms with van der Waals surface area (Å²) in [5.41, 5.74) is 8.01. The van der Waals surface area contributed by atoms with Crippen molar-refractivity contribution in [3.63, 3.8) is 0 Å². The molecule has 1 fully saturated rings. The summed E-state index contributed by atoms with van der Waals surface area (Å²) in [6.45, 7) is 5.35. The molecule has 27 heavy (non-hydrogen) atoms. The van der Waals surface area contributed by atoms with E-state index in [0.29, 0.717) is 23.0 Å². The molecule has 1 aliphatic rings. The quantitative estimate of drug-likeness (QED) is 0.627. The monoisotopic (exact) mass is 387 g/mol. The second-order valence-electron chi connectivity index (χ2n) is 7.84. The second-order valence-corrected chi connectivity index (χ2v) is 8.25. The minimum absolute atomic E-state index is 0.343. The lowest BCUT2D eigenvalue weighted by atomic mass is 9.92. The molecule has 0 aromatic carbocycles. The molecule has 4 N–H and O–H groups in total. The van der Waals surface area contributed by atoms with Gasteiger partial charge in [-0.05, 0) is 61.8 Å². The van der Waals surface area contributed by atoms with Crippen LogP contribution in [0.15, 0.2) is 30.6 Å². The highest BCUT2D eigenvalue weighted by molar-refractivity contribution is 6.33. The summed E-state index contributed by atoms with van der Waals surface area (Å²) in [4.78, 5) is 8.88. The molecule has 3 rings (SSSR count). The third-order valence-electron chi connectivity index (χ3n) is 5.08. The van der Waals surface area contributed by atoms with Crippen molar-refractivity contribution in [2.45, 2.75) is 58.0 Å². The summed E-state index contributed by atoms with van der Waals surface area (Å²) in [5, 5.41) is 7.58. The van der Waals surface area contributed by atoms with Gasteiger partial charge in [-0.2, -0.15) is 0 Å². The van der Waals surface area contributed by atoms with Crippen LogP contribution in [0.1, 0.15) is 46.0 Å². The molecule has 0 atom stereocenters. The van der Waals surface area contributed by atoms with E-state index in [1.807, 2.05) is 24.4 Å². The summed E-state index contributed by atoms with van der Waals surface area (Å²) in [6.07, 6.45) is 8.95. The van der Waals surface area contributed by atoms with Crippen molar-refractivity contribution >= 4 is 23.2 Å². The number of nitrogens with two attached hydrogens (primary N) is 1. The maximum Gasteiger partial charge on any atom is 0.126 e. The number of pyridine rings is 2. The molecular formula is C21H30ClN5. The Hall–Kier alpha value is -1.85. The maximum atomic E-state index is 6.44. The number of anilines is 2. The predicted molar refractivity (Wildman–Crippen MR) is 114 cm³/mol. The van der Waals surface area contributed by atoms with E-state index in [1.165, 1.54) is 0 Å². The first-order chi connectivity index (χ1) is 13.0. The zero-order valence-corrected chi connectivity index (χ0v) is 17.0. The molecule has 0 saturated heterocycles.